The lowest BCUT2D eigenvalue weighted by Crippen LogP contribution is -2.55. The third-order valence-corrected chi connectivity index (χ3v) is 8.31. The minimum Gasteiger partial charge on any atom is -0.462 e. The highest BCUT2D eigenvalue weighted by molar-refractivity contribution is 6.33. The van der Waals surface area contributed by atoms with E-state index in [-0.39, 0.29) is 23.4 Å². The van der Waals surface area contributed by atoms with Crippen LogP contribution in [0.15, 0.2) is 30.9 Å². The first-order valence-electron chi connectivity index (χ1n) is 13.4. The van der Waals surface area contributed by atoms with Gasteiger partial charge in [0.25, 0.3) is 0 Å². The van der Waals surface area contributed by atoms with Crippen molar-refractivity contribution in [3.63, 3.8) is 0 Å². The Hall–Kier alpha value is -3.42. The molecule has 0 bridgehead atoms. The molecule has 0 aliphatic carbocycles. The van der Waals surface area contributed by atoms with Gasteiger partial charge in [-0.3, -0.25) is 4.79 Å². The second-order valence-corrected chi connectivity index (χ2v) is 10.7. The Morgan fingerprint density at radius 1 is 1.26 bits per heavy atom. The molecule has 0 radical (unpaired) electrons. The molecule has 2 atom stereocenters. The van der Waals surface area contributed by atoms with Crippen LogP contribution >= 0.6 is 11.6 Å². The Kier molecular flexibility index (Phi) is 8.19. The van der Waals surface area contributed by atoms with E-state index in [0.717, 1.165) is 36.5 Å². The quantitative estimate of drug-likeness (QED) is 0.482. The third kappa shape index (κ3) is 5.65. The monoisotopic (exact) mass is 553 g/mol. The predicted molar refractivity (Wildman–Crippen MR) is 147 cm³/mol. The van der Waals surface area contributed by atoms with Gasteiger partial charge in [0, 0.05) is 37.8 Å². The SMILES string of the molecule is C=CC(=O)N1CCN(c2nc(OC[C@@H]3CCCN3C)nc3c2CCN(c2cccc(F)c2Cl)C3)C[C@@H]1CC#N. The van der Waals surface area contributed by atoms with Gasteiger partial charge in [0.15, 0.2) is 0 Å². The average Bonchev–Trinajstić information content (AvgIpc) is 3.36. The molecule has 0 spiro atoms. The van der Waals surface area contributed by atoms with Crippen LogP contribution in [-0.2, 0) is 17.8 Å². The van der Waals surface area contributed by atoms with E-state index in [2.05, 4.69) is 29.5 Å². The van der Waals surface area contributed by atoms with Gasteiger partial charge in [-0.2, -0.15) is 15.2 Å². The van der Waals surface area contributed by atoms with Crippen LogP contribution in [0.5, 0.6) is 6.01 Å². The average molecular weight is 554 g/mol. The molecular weight excluding hydrogens is 521 g/mol. The van der Waals surface area contributed by atoms with Crippen molar-refractivity contribution >= 4 is 29.0 Å². The first-order chi connectivity index (χ1) is 18.9. The highest BCUT2D eigenvalue weighted by Gasteiger charge is 2.33. The molecule has 0 unspecified atom stereocenters. The van der Waals surface area contributed by atoms with Crippen LogP contribution in [0.2, 0.25) is 5.02 Å². The fraction of sp³-hybridized carbons (Fsp3) is 0.500. The maximum Gasteiger partial charge on any atom is 0.318 e. The summed E-state index contributed by atoms with van der Waals surface area (Å²) in [5.74, 6) is 0.142. The van der Waals surface area contributed by atoms with Crippen molar-refractivity contribution in [2.75, 3.05) is 56.2 Å². The number of rotatable bonds is 7. The molecule has 11 heteroatoms. The van der Waals surface area contributed by atoms with E-state index < -0.39 is 5.82 Å². The highest BCUT2D eigenvalue weighted by atomic mass is 35.5. The molecule has 0 saturated carbocycles. The molecule has 1 amide bonds. The van der Waals surface area contributed by atoms with Crippen molar-refractivity contribution in [2.24, 2.45) is 0 Å². The van der Waals surface area contributed by atoms with Gasteiger partial charge in [-0.25, -0.2) is 4.39 Å². The van der Waals surface area contributed by atoms with Gasteiger partial charge in [0.2, 0.25) is 5.91 Å². The summed E-state index contributed by atoms with van der Waals surface area (Å²) in [6, 6.07) is 7.37. The van der Waals surface area contributed by atoms with Crippen molar-refractivity contribution in [2.45, 2.75) is 44.3 Å². The molecule has 206 valence electrons. The second-order valence-electron chi connectivity index (χ2n) is 10.3. The molecule has 2 fully saturated rings. The van der Waals surface area contributed by atoms with Crippen molar-refractivity contribution in [1.82, 2.24) is 19.8 Å². The zero-order valence-corrected chi connectivity index (χ0v) is 22.9. The first-order valence-corrected chi connectivity index (χ1v) is 13.7. The summed E-state index contributed by atoms with van der Waals surface area (Å²) in [5, 5.41) is 9.53. The maximum absolute atomic E-state index is 14.2. The molecule has 2 aromatic rings. The van der Waals surface area contributed by atoms with E-state index in [9.17, 15) is 14.4 Å². The minimum absolute atomic E-state index is 0.0957. The minimum atomic E-state index is -0.455. The highest BCUT2D eigenvalue weighted by Crippen LogP contribution is 2.35. The standard InChI is InChI=1S/C28H33ClFN7O2/c1-3-25(38)37-15-14-36(16-19(37)9-11-31)27-21-10-13-35(24-8-4-7-22(30)26(24)29)17-23(21)32-28(33-27)39-18-20-6-5-12-34(20)2/h3-4,7-8,19-20H,1,5-6,9-10,12-18H2,2H3/t19-,20-/m0/s1. The molecule has 1 aromatic carbocycles. The number of amides is 1. The van der Waals surface area contributed by atoms with Crippen molar-refractivity contribution in [3.05, 3.63) is 53.0 Å². The Morgan fingerprint density at radius 3 is 2.85 bits per heavy atom. The van der Waals surface area contributed by atoms with Crippen LogP contribution in [0.3, 0.4) is 0 Å². The van der Waals surface area contributed by atoms with Gasteiger partial charge in [-0.15, -0.1) is 0 Å². The number of halogens is 2. The van der Waals surface area contributed by atoms with Crippen molar-refractivity contribution in [1.29, 1.82) is 5.26 Å². The number of likely N-dealkylation sites (N-methyl/N-ethyl adjacent to an activating group) is 1. The molecule has 39 heavy (non-hydrogen) atoms. The number of carbonyl (C=O) groups is 1. The van der Waals surface area contributed by atoms with E-state index >= 15 is 0 Å². The molecule has 3 aliphatic heterocycles. The molecule has 4 heterocycles. The van der Waals surface area contributed by atoms with Gasteiger partial charge in [0.1, 0.15) is 18.2 Å². The van der Waals surface area contributed by atoms with E-state index in [1.165, 1.54) is 12.1 Å². The topological polar surface area (TPSA) is 88.8 Å². The van der Waals surface area contributed by atoms with E-state index in [1.54, 1.807) is 11.0 Å². The summed E-state index contributed by atoms with van der Waals surface area (Å²) in [7, 11) is 2.10. The summed E-state index contributed by atoms with van der Waals surface area (Å²) >= 11 is 6.32. The lowest BCUT2D eigenvalue weighted by Gasteiger charge is -2.42. The smallest absolute Gasteiger partial charge is 0.318 e. The number of fused-ring (bicyclic) bond motifs is 1. The molecular formula is C28H33ClFN7O2. The largest absolute Gasteiger partial charge is 0.462 e. The number of piperazine rings is 1. The molecule has 9 nitrogen and oxygen atoms in total. The van der Waals surface area contributed by atoms with Gasteiger partial charge in [-0.05, 0) is 51.1 Å². The fourth-order valence-electron chi connectivity index (χ4n) is 5.75. The lowest BCUT2D eigenvalue weighted by molar-refractivity contribution is -0.128. The van der Waals surface area contributed by atoms with E-state index in [4.69, 9.17) is 26.3 Å². The summed E-state index contributed by atoms with van der Waals surface area (Å²) in [6.07, 6.45) is 4.35. The number of nitrogens with zero attached hydrogens (tertiary/aromatic N) is 7. The second kappa shape index (κ2) is 11.8. The number of likely N-dealkylation sites (tertiary alicyclic amines) is 1. The number of carbonyl (C=O) groups excluding carboxylic acids is 1. The van der Waals surface area contributed by atoms with Crippen LogP contribution in [0.25, 0.3) is 0 Å². The first kappa shape index (κ1) is 27.2. The molecule has 2 saturated heterocycles. The Morgan fingerprint density at radius 2 is 2.10 bits per heavy atom. The van der Waals surface area contributed by atoms with Gasteiger partial charge in [-0.1, -0.05) is 24.2 Å². The van der Waals surface area contributed by atoms with Gasteiger partial charge >= 0.3 is 6.01 Å². The number of nitriles is 1. The zero-order valence-electron chi connectivity index (χ0n) is 22.2. The number of ether oxygens (including phenoxy) is 1. The number of hydrogen-bond acceptors (Lipinski definition) is 8. The number of hydrogen-bond donors (Lipinski definition) is 0. The summed E-state index contributed by atoms with van der Waals surface area (Å²) < 4.78 is 20.4. The number of aromatic nitrogens is 2. The maximum atomic E-state index is 14.2. The number of anilines is 2. The summed E-state index contributed by atoms with van der Waals surface area (Å²) in [4.78, 5) is 30.3. The zero-order chi connectivity index (χ0) is 27.5. The predicted octanol–water partition coefficient (Wildman–Crippen LogP) is 3.42. The summed E-state index contributed by atoms with van der Waals surface area (Å²) in [6.45, 7) is 7.71. The van der Waals surface area contributed by atoms with Crippen LogP contribution in [0, 0.1) is 17.1 Å². The fourth-order valence-corrected chi connectivity index (χ4v) is 6.00. The van der Waals surface area contributed by atoms with Crippen LogP contribution in [0.4, 0.5) is 15.9 Å². The van der Waals surface area contributed by atoms with Crippen molar-refractivity contribution in [3.8, 4) is 12.1 Å². The van der Waals surface area contributed by atoms with Crippen molar-refractivity contribution < 1.29 is 13.9 Å². The molecule has 5 rings (SSSR count). The van der Waals surface area contributed by atoms with Gasteiger partial charge < -0.3 is 24.3 Å². The molecule has 0 N–H and O–H groups in total. The Balaban J connectivity index is 1.46. The van der Waals surface area contributed by atoms with E-state index in [0.29, 0.717) is 63.5 Å². The number of benzene rings is 1. The third-order valence-electron chi connectivity index (χ3n) is 7.94. The normalized spacial score (nSPS) is 21.4. The molecule has 3 aliphatic rings. The van der Waals surface area contributed by atoms with E-state index in [1.807, 2.05) is 11.0 Å². The Bertz CT molecular complexity index is 1290. The van der Waals surface area contributed by atoms with Crippen LogP contribution in [0.1, 0.15) is 30.5 Å². The van der Waals surface area contributed by atoms with Crippen LogP contribution < -0.4 is 14.5 Å². The van der Waals surface area contributed by atoms with Gasteiger partial charge in [0.05, 0.1) is 41.5 Å². The van der Waals surface area contributed by atoms with Crippen LogP contribution in [-0.4, -0.2) is 84.1 Å². The Labute approximate surface area is 233 Å². The molecule has 1 aromatic heterocycles. The summed E-state index contributed by atoms with van der Waals surface area (Å²) in [5.41, 5.74) is 2.44. The lowest BCUT2D eigenvalue weighted by atomic mass is 10.0.